The maximum atomic E-state index is 11.4. The Labute approximate surface area is 108 Å². The predicted molar refractivity (Wildman–Crippen MR) is 70.2 cm³/mol. The van der Waals surface area contributed by atoms with E-state index in [1.54, 1.807) is 19.2 Å². The summed E-state index contributed by atoms with van der Waals surface area (Å²) >= 11 is 0. The number of amides is 1. The van der Waals surface area contributed by atoms with Gasteiger partial charge in [0.2, 0.25) is 5.91 Å². The van der Waals surface area contributed by atoms with Gasteiger partial charge in [0.15, 0.2) is 0 Å². The molecule has 0 radical (unpaired) electrons. The highest BCUT2D eigenvalue weighted by Crippen LogP contribution is 2.16. The number of carbonyl (C=O) groups excluding carboxylic acids is 1. The summed E-state index contributed by atoms with van der Waals surface area (Å²) in [5, 5.41) is 12.3. The Kier molecular flexibility index (Phi) is 5.09. The first-order chi connectivity index (χ1) is 8.43. The lowest BCUT2D eigenvalue weighted by atomic mass is 10.1. The SMILES string of the molecule is CNC(=O)C(C)CN(C)Cc1nc(C)ccc1O. The van der Waals surface area contributed by atoms with E-state index in [2.05, 4.69) is 10.3 Å². The molecule has 1 heterocycles. The lowest BCUT2D eigenvalue weighted by Crippen LogP contribution is -2.34. The number of nitrogens with one attached hydrogen (secondary N) is 1. The van der Waals surface area contributed by atoms with Crippen molar-refractivity contribution in [2.24, 2.45) is 5.92 Å². The fourth-order valence-electron chi connectivity index (χ4n) is 1.84. The van der Waals surface area contributed by atoms with E-state index in [9.17, 15) is 9.90 Å². The van der Waals surface area contributed by atoms with Crippen molar-refractivity contribution in [2.45, 2.75) is 20.4 Å². The molecule has 1 amide bonds. The van der Waals surface area contributed by atoms with Gasteiger partial charge in [-0.15, -0.1) is 0 Å². The van der Waals surface area contributed by atoms with Crippen LogP contribution in [-0.2, 0) is 11.3 Å². The monoisotopic (exact) mass is 251 g/mol. The second kappa shape index (κ2) is 6.35. The van der Waals surface area contributed by atoms with Gasteiger partial charge in [0, 0.05) is 31.7 Å². The van der Waals surface area contributed by atoms with Crippen LogP contribution in [0.2, 0.25) is 0 Å². The van der Waals surface area contributed by atoms with Crippen molar-refractivity contribution in [3.8, 4) is 5.75 Å². The van der Waals surface area contributed by atoms with Gasteiger partial charge in [-0.1, -0.05) is 6.92 Å². The minimum Gasteiger partial charge on any atom is -0.506 e. The fourth-order valence-corrected chi connectivity index (χ4v) is 1.84. The molecular formula is C13H21N3O2. The highest BCUT2D eigenvalue weighted by molar-refractivity contribution is 5.78. The Morgan fingerprint density at radius 1 is 1.56 bits per heavy atom. The zero-order valence-electron chi connectivity index (χ0n) is 11.4. The van der Waals surface area contributed by atoms with Crippen LogP contribution in [0.1, 0.15) is 18.3 Å². The van der Waals surface area contributed by atoms with Gasteiger partial charge in [-0.25, -0.2) is 0 Å². The summed E-state index contributed by atoms with van der Waals surface area (Å²) < 4.78 is 0. The fraction of sp³-hybridized carbons (Fsp3) is 0.538. The van der Waals surface area contributed by atoms with Gasteiger partial charge in [0.25, 0.3) is 0 Å². The van der Waals surface area contributed by atoms with Crippen LogP contribution < -0.4 is 5.32 Å². The number of aromatic hydroxyl groups is 1. The molecule has 0 spiro atoms. The van der Waals surface area contributed by atoms with Crippen LogP contribution in [0, 0.1) is 12.8 Å². The maximum absolute atomic E-state index is 11.4. The molecule has 1 aromatic rings. The maximum Gasteiger partial charge on any atom is 0.223 e. The third-order valence-electron chi connectivity index (χ3n) is 2.79. The average molecular weight is 251 g/mol. The first kappa shape index (κ1) is 14.4. The molecule has 1 rings (SSSR count). The molecule has 1 unspecified atom stereocenters. The van der Waals surface area contributed by atoms with Crippen LogP contribution in [-0.4, -0.2) is 41.5 Å². The first-order valence-corrected chi connectivity index (χ1v) is 5.99. The van der Waals surface area contributed by atoms with Crippen LogP contribution in [0.4, 0.5) is 0 Å². The van der Waals surface area contributed by atoms with Crippen LogP contribution in [0.25, 0.3) is 0 Å². The summed E-state index contributed by atoms with van der Waals surface area (Å²) in [6, 6.07) is 3.42. The Balaban J connectivity index is 2.61. The summed E-state index contributed by atoms with van der Waals surface area (Å²) in [5.74, 6) is 0.121. The Morgan fingerprint density at radius 3 is 2.83 bits per heavy atom. The molecule has 0 fully saturated rings. The molecule has 0 aliphatic rings. The predicted octanol–water partition coefficient (Wildman–Crippen LogP) is 0.910. The van der Waals surface area contributed by atoms with Gasteiger partial charge in [-0.3, -0.25) is 14.7 Å². The minimum atomic E-state index is -0.0908. The second-order valence-corrected chi connectivity index (χ2v) is 4.63. The molecule has 0 saturated heterocycles. The van der Waals surface area contributed by atoms with Crippen molar-refractivity contribution in [1.29, 1.82) is 0 Å². The van der Waals surface area contributed by atoms with Crippen molar-refractivity contribution in [3.63, 3.8) is 0 Å². The Hall–Kier alpha value is -1.62. The molecule has 100 valence electrons. The topological polar surface area (TPSA) is 65.5 Å². The Bertz CT molecular complexity index is 421. The smallest absolute Gasteiger partial charge is 0.223 e. The number of hydrogen-bond donors (Lipinski definition) is 2. The van der Waals surface area contributed by atoms with E-state index in [0.29, 0.717) is 18.8 Å². The van der Waals surface area contributed by atoms with Crippen LogP contribution in [0.15, 0.2) is 12.1 Å². The number of carbonyl (C=O) groups is 1. The standard InChI is InChI=1S/C13H21N3O2/c1-9(13(18)14-3)7-16(4)8-11-12(17)6-5-10(2)15-11/h5-6,9,17H,7-8H2,1-4H3,(H,14,18). The number of rotatable bonds is 5. The molecular weight excluding hydrogens is 230 g/mol. The van der Waals surface area contributed by atoms with Crippen molar-refractivity contribution in [2.75, 3.05) is 20.6 Å². The van der Waals surface area contributed by atoms with Crippen LogP contribution in [0.5, 0.6) is 5.75 Å². The molecule has 1 aromatic heterocycles. The molecule has 18 heavy (non-hydrogen) atoms. The molecule has 5 heteroatoms. The van der Waals surface area contributed by atoms with Crippen molar-refractivity contribution >= 4 is 5.91 Å². The zero-order chi connectivity index (χ0) is 13.7. The van der Waals surface area contributed by atoms with Gasteiger partial charge in [-0.2, -0.15) is 0 Å². The second-order valence-electron chi connectivity index (χ2n) is 4.63. The highest BCUT2D eigenvalue weighted by Gasteiger charge is 2.15. The van der Waals surface area contributed by atoms with Crippen LogP contribution >= 0.6 is 0 Å². The van der Waals surface area contributed by atoms with Crippen molar-refractivity contribution in [3.05, 3.63) is 23.5 Å². The minimum absolute atomic E-state index is 0.0169. The van der Waals surface area contributed by atoms with E-state index in [1.807, 2.05) is 25.8 Å². The van der Waals surface area contributed by atoms with Gasteiger partial charge < -0.3 is 10.4 Å². The molecule has 0 aromatic carbocycles. The van der Waals surface area contributed by atoms with Crippen molar-refractivity contribution < 1.29 is 9.90 Å². The summed E-state index contributed by atoms with van der Waals surface area (Å²) in [5.41, 5.74) is 1.51. The molecule has 0 bridgehead atoms. The first-order valence-electron chi connectivity index (χ1n) is 5.99. The third kappa shape index (κ3) is 4.00. The van der Waals surface area contributed by atoms with E-state index < -0.39 is 0 Å². The number of aryl methyl sites for hydroxylation is 1. The summed E-state index contributed by atoms with van der Waals surface area (Å²) in [6.45, 7) is 4.90. The summed E-state index contributed by atoms with van der Waals surface area (Å²) in [6.07, 6.45) is 0. The lowest BCUT2D eigenvalue weighted by molar-refractivity contribution is -0.124. The average Bonchev–Trinajstić information content (AvgIpc) is 2.32. The van der Waals surface area contributed by atoms with Crippen LogP contribution in [0.3, 0.4) is 0 Å². The lowest BCUT2D eigenvalue weighted by Gasteiger charge is -2.20. The van der Waals surface area contributed by atoms with Gasteiger partial charge in [0.05, 0.1) is 5.69 Å². The van der Waals surface area contributed by atoms with Crippen molar-refractivity contribution in [1.82, 2.24) is 15.2 Å². The summed E-state index contributed by atoms with van der Waals surface area (Å²) in [4.78, 5) is 17.7. The van der Waals surface area contributed by atoms with Gasteiger partial charge >= 0.3 is 0 Å². The number of aromatic nitrogens is 1. The van der Waals surface area contributed by atoms with E-state index in [0.717, 1.165) is 5.69 Å². The molecule has 5 nitrogen and oxygen atoms in total. The summed E-state index contributed by atoms with van der Waals surface area (Å²) in [7, 11) is 3.54. The van der Waals surface area contributed by atoms with Gasteiger partial charge in [0.1, 0.15) is 5.75 Å². The molecule has 0 aliphatic heterocycles. The van der Waals surface area contributed by atoms with E-state index in [-0.39, 0.29) is 17.6 Å². The molecule has 0 saturated carbocycles. The molecule has 0 aliphatic carbocycles. The quantitative estimate of drug-likeness (QED) is 0.816. The van der Waals surface area contributed by atoms with Gasteiger partial charge in [-0.05, 0) is 26.1 Å². The molecule has 1 atom stereocenters. The highest BCUT2D eigenvalue weighted by atomic mass is 16.3. The largest absolute Gasteiger partial charge is 0.506 e. The van der Waals surface area contributed by atoms with E-state index >= 15 is 0 Å². The number of nitrogens with zero attached hydrogens (tertiary/aromatic N) is 2. The number of hydrogen-bond acceptors (Lipinski definition) is 4. The normalized spacial score (nSPS) is 12.5. The molecule has 2 N–H and O–H groups in total. The number of pyridine rings is 1. The van der Waals surface area contributed by atoms with E-state index in [1.165, 1.54) is 0 Å². The van der Waals surface area contributed by atoms with E-state index in [4.69, 9.17) is 0 Å². The zero-order valence-corrected chi connectivity index (χ0v) is 11.4. The Morgan fingerprint density at radius 2 is 2.22 bits per heavy atom. The third-order valence-corrected chi connectivity index (χ3v) is 2.79.